The van der Waals surface area contributed by atoms with Crippen LogP contribution in [-0.2, 0) is 0 Å². The van der Waals surface area contributed by atoms with Crippen LogP contribution in [0.4, 0.5) is 0 Å². The van der Waals surface area contributed by atoms with Gasteiger partial charge in [-0.3, -0.25) is 8.80 Å². The number of fused-ring (bicyclic) bond motifs is 9. The van der Waals surface area contributed by atoms with Crippen molar-refractivity contribution in [1.29, 1.82) is 0 Å². The minimum Gasteiger partial charge on any atom is -0.276 e. The number of hydrogen-bond acceptors (Lipinski definition) is 4. The Balaban J connectivity index is 1.54. The van der Waals surface area contributed by atoms with Crippen LogP contribution in [0.3, 0.4) is 0 Å². The predicted molar refractivity (Wildman–Crippen MR) is 171 cm³/mol. The molecule has 9 rings (SSSR count). The molecule has 0 fully saturated rings. The molecule has 5 aromatic carbocycles. The fourth-order valence-electron chi connectivity index (χ4n) is 5.96. The lowest BCUT2D eigenvalue weighted by atomic mass is 10.1. The van der Waals surface area contributed by atoms with Gasteiger partial charge in [0.25, 0.3) is 0 Å². The smallest absolute Gasteiger partial charge is 0.240 e. The number of rotatable bonds is 3. The van der Waals surface area contributed by atoms with Gasteiger partial charge in [-0.25, -0.2) is 24.5 Å². The third-order valence-corrected chi connectivity index (χ3v) is 7.90. The second kappa shape index (κ2) is 9.22. The van der Waals surface area contributed by atoms with E-state index >= 15 is 0 Å². The van der Waals surface area contributed by atoms with E-state index in [4.69, 9.17) is 19.9 Å². The molecule has 7 nitrogen and oxygen atoms in total. The second-order valence-electron chi connectivity index (χ2n) is 10.5. The van der Waals surface area contributed by atoms with Crippen molar-refractivity contribution in [3.05, 3.63) is 140 Å². The minimum absolute atomic E-state index is 0.487. The van der Waals surface area contributed by atoms with E-state index in [1.54, 1.807) is 0 Å². The molecule has 0 aliphatic rings. The van der Waals surface area contributed by atoms with E-state index in [-0.39, 0.29) is 0 Å². The number of aromatic nitrogens is 7. The fourth-order valence-corrected chi connectivity index (χ4v) is 5.96. The van der Waals surface area contributed by atoms with Gasteiger partial charge in [0.2, 0.25) is 17.5 Å². The first kappa shape index (κ1) is 23.6. The van der Waals surface area contributed by atoms with Crippen molar-refractivity contribution < 1.29 is 0 Å². The largest absolute Gasteiger partial charge is 0.276 e. The molecule has 202 valence electrons. The number of nitrogens with zero attached hydrogens (tertiary/aromatic N) is 7. The van der Waals surface area contributed by atoms with Gasteiger partial charge < -0.3 is 0 Å². The maximum absolute atomic E-state index is 5.20. The average molecular weight is 554 g/mol. The first-order valence-corrected chi connectivity index (χ1v) is 14.2. The fraction of sp³-hybridized carbons (Fsp3) is 0. The summed E-state index contributed by atoms with van der Waals surface area (Å²) >= 11 is 0. The lowest BCUT2D eigenvalue weighted by Gasteiger charge is -2.11. The first-order chi connectivity index (χ1) is 21.3. The van der Waals surface area contributed by atoms with Gasteiger partial charge in [0.05, 0.1) is 44.5 Å². The number of para-hydroxylation sites is 6. The predicted octanol–water partition coefficient (Wildman–Crippen LogP) is 7.92. The monoisotopic (exact) mass is 553 g/mol. The van der Waals surface area contributed by atoms with Gasteiger partial charge >= 0.3 is 0 Å². The standard InChI is InChI=1S/C36H23N7/c1-3-13-24(14-4-1)28-23-29(25-15-5-2-6-16-25)38-34(37-28)43-35-39-26-17-7-9-19-30(26)41(35)32-21-11-12-22-33(32)42-31-20-10-8-18-27(31)40-36(42)43/h1-23H. The number of hydrogen-bond donors (Lipinski definition) is 0. The molecule has 0 unspecified atom stereocenters. The van der Waals surface area contributed by atoms with E-state index in [2.05, 4.69) is 69.5 Å². The summed E-state index contributed by atoms with van der Waals surface area (Å²) in [6.45, 7) is 0. The van der Waals surface area contributed by atoms with Gasteiger partial charge in [0.15, 0.2) is 0 Å². The first-order valence-electron chi connectivity index (χ1n) is 14.2. The maximum atomic E-state index is 5.20. The summed E-state index contributed by atoms with van der Waals surface area (Å²) in [6.07, 6.45) is 0. The highest BCUT2D eigenvalue weighted by atomic mass is 15.3. The van der Waals surface area contributed by atoms with Crippen molar-refractivity contribution in [2.24, 2.45) is 0 Å². The molecule has 7 heteroatoms. The molecular weight excluding hydrogens is 530 g/mol. The molecule has 4 aromatic heterocycles. The average Bonchev–Trinajstić information content (AvgIpc) is 3.61. The lowest BCUT2D eigenvalue weighted by Crippen LogP contribution is -2.08. The van der Waals surface area contributed by atoms with Crippen molar-refractivity contribution in [2.75, 3.05) is 0 Å². The summed E-state index contributed by atoms with van der Waals surface area (Å²) in [4.78, 5) is 20.8. The second-order valence-corrected chi connectivity index (χ2v) is 10.5. The Bertz CT molecular complexity index is 2330. The van der Waals surface area contributed by atoms with E-state index in [0.717, 1.165) is 55.6 Å². The molecule has 0 spiro atoms. The van der Waals surface area contributed by atoms with E-state index in [0.29, 0.717) is 17.5 Å². The summed E-state index contributed by atoms with van der Waals surface area (Å²) < 4.78 is 6.38. The van der Waals surface area contributed by atoms with Gasteiger partial charge in [-0.2, -0.15) is 0 Å². The molecule has 0 saturated heterocycles. The zero-order valence-corrected chi connectivity index (χ0v) is 22.9. The third kappa shape index (κ3) is 3.62. The molecule has 4 heterocycles. The highest BCUT2D eigenvalue weighted by Gasteiger charge is 2.21. The highest BCUT2D eigenvalue weighted by molar-refractivity contribution is 5.92. The van der Waals surface area contributed by atoms with Crippen LogP contribution in [0.5, 0.6) is 0 Å². The number of benzene rings is 5. The van der Waals surface area contributed by atoms with Crippen molar-refractivity contribution >= 4 is 44.7 Å². The molecule has 0 aliphatic heterocycles. The Morgan fingerprint density at radius 1 is 0.372 bits per heavy atom. The molecule has 0 radical (unpaired) electrons. The van der Waals surface area contributed by atoms with Crippen LogP contribution in [0.15, 0.2) is 140 Å². The summed E-state index contributed by atoms with van der Waals surface area (Å²) in [6, 6.07) is 47.3. The SMILES string of the molecule is c1ccc(-c2cc(-c3ccccc3)nc(-n3c4nc5ccccc5n4c4ccccc4n4c5ccccc5nc34)n2)cc1. The summed E-state index contributed by atoms with van der Waals surface area (Å²) in [5, 5.41) is 0. The zero-order chi connectivity index (χ0) is 28.3. The van der Waals surface area contributed by atoms with Crippen molar-refractivity contribution in [2.45, 2.75) is 0 Å². The molecule has 0 saturated carbocycles. The Labute approximate surface area is 245 Å². The lowest BCUT2D eigenvalue weighted by molar-refractivity contribution is 0.929. The molecule has 0 bridgehead atoms. The van der Waals surface area contributed by atoms with E-state index < -0.39 is 0 Å². The summed E-state index contributed by atoms with van der Waals surface area (Å²) in [7, 11) is 0. The van der Waals surface area contributed by atoms with Gasteiger partial charge in [-0.15, -0.1) is 0 Å². The van der Waals surface area contributed by atoms with Crippen LogP contribution in [0, 0.1) is 0 Å². The van der Waals surface area contributed by atoms with Gasteiger partial charge in [-0.1, -0.05) is 97.1 Å². The van der Waals surface area contributed by atoms with Crippen LogP contribution in [0.25, 0.3) is 73.1 Å². The third-order valence-electron chi connectivity index (χ3n) is 7.90. The molecule has 0 N–H and O–H groups in total. The van der Waals surface area contributed by atoms with E-state index in [9.17, 15) is 0 Å². The minimum atomic E-state index is 0.487. The van der Waals surface area contributed by atoms with Gasteiger partial charge in [0.1, 0.15) is 0 Å². The van der Waals surface area contributed by atoms with Crippen LogP contribution >= 0.6 is 0 Å². The summed E-state index contributed by atoms with van der Waals surface area (Å²) in [5.41, 5.74) is 9.38. The van der Waals surface area contributed by atoms with Crippen molar-refractivity contribution in [3.63, 3.8) is 0 Å². The molecule has 43 heavy (non-hydrogen) atoms. The molecule has 0 atom stereocenters. The Hall–Kier alpha value is -6.08. The summed E-state index contributed by atoms with van der Waals surface area (Å²) in [5.74, 6) is 1.83. The van der Waals surface area contributed by atoms with Gasteiger partial charge in [0, 0.05) is 11.1 Å². The van der Waals surface area contributed by atoms with Gasteiger partial charge in [-0.05, 0) is 42.5 Å². The molecule has 0 amide bonds. The van der Waals surface area contributed by atoms with Crippen molar-refractivity contribution in [1.82, 2.24) is 33.3 Å². The Morgan fingerprint density at radius 3 is 1.23 bits per heavy atom. The van der Waals surface area contributed by atoms with Crippen LogP contribution in [0.2, 0.25) is 0 Å². The molecule has 0 aliphatic carbocycles. The normalized spacial score (nSPS) is 11.7. The van der Waals surface area contributed by atoms with E-state index in [1.807, 2.05) is 83.4 Å². The quantitative estimate of drug-likeness (QED) is 0.223. The van der Waals surface area contributed by atoms with Crippen LogP contribution < -0.4 is 0 Å². The number of imidazole rings is 2. The van der Waals surface area contributed by atoms with Crippen molar-refractivity contribution in [3.8, 4) is 28.5 Å². The zero-order valence-electron chi connectivity index (χ0n) is 22.9. The highest BCUT2D eigenvalue weighted by Crippen LogP contribution is 2.31. The van der Waals surface area contributed by atoms with Crippen LogP contribution in [-0.4, -0.2) is 33.3 Å². The molecule has 9 aromatic rings. The Morgan fingerprint density at radius 2 is 0.767 bits per heavy atom. The molecular formula is C36H23N7. The maximum Gasteiger partial charge on any atom is 0.240 e. The van der Waals surface area contributed by atoms with E-state index in [1.165, 1.54) is 0 Å². The van der Waals surface area contributed by atoms with Crippen LogP contribution in [0.1, 0.15) is 0 Å². The Kier molecular flexibility index (Phi) is 5.06. The topological polar surface area (TPSA) is 65.3 Å².